The minimum absolute atomic E-state index is 0.100. The molecular formula is C26H25F3N4O7. The number of aromatic nitrogens is 1. The molecule has 2 heterocycles. The van der Waals surface area contributed by atoms with E-state index < -0.39 is 35.9 Å². The van der Waals surface area contributed by atoms with Crippen molar-refractivity contribution in [2.24, 2.45) is 5.92 Å². The number of aryl methyl sites for hydroxylation is 1. The number of carbonyl (C=O) groups is 4. The molecule has 14 heteroatoms. The van der Waals surface area contributed by atoms with Crippen molar-refractivity contribution in [3.8, 4) is 5.75 Å². The number of ether oxygens (including phenoxy) is 1. The zero-order chi connectivity index (χ0) is 29.4. The lowest BCUT2D eigenvalue weighted by Gasteiger charge is -2.30. The number of carbonyl (C=O) groups excluding carboxylic acids is 3. The van der Waals surface area contributed by atoms with E-state index in [1.807, 2.05) is 37.3 Å². The van der Waals surface area contributed by atoms with E-state index in [4.69, 9.17) is 19.8 Å². The first kappa shape index (κ1) is 29.8. The molecule has 212 valence electrons. The van der Waals surface area contributed by atoms with Gasteiger partial charge in [-0.3, -0.25) is 24.6 Å². The molecule has 1 aliphatic rings. The number of hydrogen-bond donors (Lipinski definition) is 5. The molecule has 3 aromatic rings. The highest BCUT2D eigenvalue weighted by Crippen LogP contribution is 2.21. The summed E-state index contributed by atoms with van der Waals surface area (Å²) >= 11 is 0. The maximum absolute atomic E-state index is 12.7. The van der Waals surface area contributed by atoms with Crippen LogP contribution in [0, 0.1) is 12.8 Å². The van der Waals surface area contributed by atoms with Crippen LogP contribution in [0.4, 0.5) is 13.2 Å². The standard InChI is InChI=1S/C24H24N4O5.C2HF3O2/c1-14-10-16(18-4-2-3-5-20(18)26-14)13-33-17-8-6-15(7-9-17)23(30)27-21-12-25-22(29)11-19(21)24(31)28-32;3-2(4,5)1(6)7/h2-10,19,21,32H,11-13H2,1H3,(H,25,29)(H,27,30)(H,28,31);(H,6,7)/t19?,21-;/m1./s1. The molecule has 0 bridgehead atoms. The third kappa shape index (κ3) is 7.89. The number of nitrogens with one attached hydrogen (secondary N) is 3. The number of piperidine rings is 1. The SMILES string of the molecule is Cc1cc(COc2ccc(C(=O)N[C@@H]3CNC(=O)CC3C(=O)NO)cc2)c2ccccc2n1.O=C(O)C(F)(F)F. The number of nitrogens with zero attached hydrogens (tertiary/aromatic N) is 1. The average Bonchev–Trinajstić information content (AvgIpc) is 2.92. The Morgan fingerprint density at radius 2 is 1.77 bits per heavy atom. The van der Waals surface area contributed by atoms with Gasteiger partial charge in [0.25, 0.3) is 5.91 Å². The molecular weight excluding hydrogens is 537 g/mol. The highest BCUT2D eigenvalue weighted by Gasteiger charge is 2.38. The highest BCUT2D eigenvalue weighted by atomic mass is 19.4. The number of carboxylic acids is 1. The van der Waals surface area contributed by atoms with Crippen molar-refractivity contribution in [2.75, 3.05) is 6.54 Å². The molecule has 5 N–H and O–H groups in total. The number of aliphatic carboxylic acids is 1. The molecule has 0 radical (unpaired) electrons. The van der Waals surface area contributed by atoms with E-state index in [0.29, 0.717) is 17.9 Å². The summed E-state index contributed by atoms with van der Waals surface area (Å²) < 4.78 is 37.7. The third-order valence-electron chi connectivity index (χ3n) is 5.86. The second-order valence-corrected chi connectivity index (χ2v) is 8.73. The van der Waals surface area contributed by atoms with Crippen LogP contribution in [-0.4, -0.2) is 57.8 Å². The number of amides is 3. The predicted octanol–water partition coefficient (Wildman–Crippen LogP) is 2.50. The van der Waals surface area contributed by atoms with E-state index in [-0.39, 0.29) is 18.9 Å². The molecule has 2 aromatic carbocycles. The number of halogens is 3. The quantitative estimate of drug-likeness (QED) is 0.226. The Morgan fingerprint density at radius 3 is 2.40 bits per heavy atom. The number of carboxylic acid groups (broad SMARTS) is 1. The van der Waals surface area contributed by atoms with Gasteiger partial charge in [0.15, 0.2) is 0 Å². The number of pyridine rings is 1. The van der Waals surface area contributed by atoms with Crippen LogP contribution >= 0.6 is 0 Å². The Balaban J connectivity index is 0.000000559. The third-order valence-corrected chi connectivity index (χ3v) is 5.86. The second kappa shape index (κ2) is 12.9. The van der Waals surface area contributed by atoms with Crippen LogP contribution in [0.1, 0.15) is 28.0 Å². The normalized spacial score (nSPS) is 16.7. The van der Waals surface area contributed by atoms with Gasteiger partial charge < -0.3 is 20.5 Å². The lowest BCUT2D eigenvalue weighted by atomic mass is 9.91. The fraction of sp³-hybridized carbons (Fsp3) is 0.269. The van der Waals surface area contributed by atoms with Crippen molar-refractivity contribution in [1.29, 1.82) is 0 Å². The minimum atomic E-state index is -5.08. The van der Waals surface area contributed by atoms with Crippen molar-refractivity contribution >= 4 is 34.6 Å². The molecule has 11 nitrogen and oxygen atoms in total. The fourth-order valence-corrected chi connectivity index (χ4v) is 3.92. The number of benzene rings is 2. The molecule has 0 aliphatic carbocycles. The average molecular weight is 563 g/mol. The van der Waals surface area contributed by atoms with Gasteiger partial charge in [0.1, 0.15) is 12.4 Å². The van der Waals surface area contributed by atoms with Crippen LogP contribution in [0.3, 0.4) is 0 Å². The summed E-state index contributed by atoms with van der Waals surface area (Å²) in [6.07, 6.45) is -5.20. The van der Waals surface area contributed by atoms with Crippen molar-refractivity contribution in [2.45, 2.75) is 32.2 Å². The zero-order valence-electron chi connectivity index (χ0n) is 21.0. The van der Waals surface area contributed by atoms with Crippen LogP contribution in [-0.2, 0) is 21.0 Å². The Bertz CT molecular complexity index is 1400. The van der Waals surface area contributed by atoms with Crippen molar-refractivity contribution < 1.29 is 47.4 Å². The van der Waals surface area contributed by atoms with Gasteiger partial charge in [-0.1, -0.05) is 18.2 Å². The van der Waals surface area contributed by atoms with Gasteiger partial charge in [0, 0.05) is 35.2 Å². The number of fused-ring (bicyclic) bond motifs is 1. The molecule has 40 heavy (non-hydrogen) atoms. The largest absolute Gasteiger partial charge is 0.490 e. The van der Waals surface area contributed by atoms with Crippen LogP contribution in [0.5, 0.6) is 5.75 Å². The van der Waals surface area contributed by atoms with Crippen molar-refractivity contribution in [1.82, 2.24) is 21.1 Å². The lowest BCUT2D eigenvalue weighted by Crippen LogP contribution is -2.56. The topological polar surface area (TPSA) is 167 Å². The molecule has 1 unspecified atom stereocenters. The van der Waals surface area contributed by atoms with Crippen LogP contribution < -0.4 is 20.9 Å². The lowest BCUT2D eigenvalue weighted by molar-refractivity contribution is -0.192. The van der Waals surface area contributed by atoms with Gasteiger partial charge in [-0.15, -0.1) is 0 Å². The summed E-state index contributed by atoms with van der Waals surface area (Å²) in [6.45, 7) is 2.40. The maximum atomic E-state index is 12.7. The Kier molecular flexibility index (Phi) is 9.61. The number of rotatable bonds is 6. The van der Waals surface area contributed by atoms with Gasteiger partial charge in [-0.2, -0.15) is 13.2 Å². The molecule has 0 saturated carbocycles. The van der Waals surface area contributed by atoms with Crippen molar-refractivity contribution in [3.63, 3.8) is 0 Å². The summed E-state index contributed by atoms with van der Waals surface area (Å²) in [5.74, 6) is -4.42. The molecule has 0 spiro atoms. The van der Waals surface area contributed by atoms with E-state index in [0.717, 1.165) is 22.2 Å². The molecule has 1 saturated heterocycles. The summed E-state index contributed by atoms with van der Waals surface area (Å²) in [6, 6.07) is 15.9. The first-order chi connectivity index (χ1) is 18.9. The molecule has 2 atom stereocenters. The van der Waals surface area contributed by atoms with E-state index in [1.54, 1.807) is 29.7 Å². The fourth-order valence-electron chi connectivity index (χ4n) is 3.92. The van der Waals surface area contributed by atoms with E-state index in [2.05, 4.69) is 15.6 Å². The molecule has 1 aliphatic heterocycles. The smallest absolute Gasteiger partial charge is 0.489 e. The molecule has 1 aromatic heterocycles. The Labute approximate surface area is 225 Å². The number of alkyl halides is 3. The van der Waals surface area contributed by atoms with Crippen LogP contribution in [0.25, 0.3) is 10.9 Å². The number of para-hydroxylation sites is 1. The van der Waals surface area contributed by atoms with Gasteiger partial charge in [0.05, 0.1) is 17.5 Å². The predicted molar refractivity (Wildman–Crippen MR) is 133 cm³/mol. The molecule has 4 rings (SSSR count). The maximum Gasteiger partial charge on any atom is 0.490 e. The van der Waals surface area contributed by atoms with E-state index in [1.165, 1.54) is 0 Å². The van der Waals surface area contributed by atoms with Gasteiger partial charge >= 0.3 is 12.1 Å². The Morgan fingerprint density at radius 1 is 1.12 bits per heavy atom. The van der Waals surface area contributed by atoms with Gasteiger partial charge in [-0.25, -0.2) is 10.3 Å². The first-order valence-corrected chi connectivity index (χ1v) is 11.8. The monoisotopic (exact) mass is 562 g/mol. The first-order valence-electron chi connectivity index (χ1n) is 11.8. The minimum Gasteiger partial charge on any atom is -0.489 e. The summed E-state index contributed by atoms with van der Waals surface area (Å²) in [5.41, 5.74) is 4.78. The second-order valence-electron chi connectivity index (χ2n) is 8.73. The van der Waals surface area contributed by atoms with Crippen LogP contribution in [0.15, 0.2) is 54.6 Å². The van der Waals surface area contributed by atoms with E-state index in [9.17, 15) is 27.6 Å². The Hall–Kier alpha value is -4.72. The molecule has 1 fully saturated rings. The summed E-state index contributed by atoms with van der Waals surface area (Å²) in [5, 5.41) is 22.4. The number of hydrogen-bond acceptors (Lipinski definition) is 7. The zero-order valence-corrected chi connectivity index (χ0v) is 21.0. The van der Waals surface area contributed by atoms with E-state index >= 15 is 0 Å². The van der Waals surface area contributed by atoms with Gasteiger partial charge in [0.2, 0.25) is 11.8 Å². The van der Waals surface area contributed by atoms with Crippen LogP contribution in [0.2, 0.25) is 0 Å². The summed E-state index contributed by atoms with van der Waals surface area (Å²) in [7, 11) is 0. The number of hydroxylamine groups is 1. The van der Waals surface area contributed by atoms with Gasteiger partial charge in [-0.05, 0) is 43.3 Å². The highest BCUT2D eigenvalue weighted by molar-refractivity contribution is 5.95. The van der Waals surface area contributed by atoms with Crippen molar-refractivity contribution in [3.05, 3.63) is 71.4 Å². The molecule has 3 amide bonds. The summed E-state index contributed by atoms with van der Waals surface area (Å²) in [4.78, 5) is 49.5.